The molecule has 0 saturated heterocycles. The van der Waals surface area contributed by atoms with Crippen LogP contribution in [0.2, 0.25) is 5.02 Å². The zero-order valence-electron chi connectivity index (χ0n) is 18.1. The lowest BCUT2D eigenvalue weighted by Crippen LogP contribution is -2.48. The van der Waals surface area contributed by atoms with Crippen LogP contribution in [0.15, 0.2) is 36.4 Å². The molecule has 0 bridgehead atoms. The Kier molecular flexibility index (Phi) is 8.48. The summed E-state index contributed by atoms with van der Waals surface area (Å²) in [5, 5.41) is 8.05. The molecule has 0 saturated carbocycles. The molecule has 0 unspecified atom stereocenters. The Morgan fingerprint density at radius 2 is 2.00 bits per heavy atom. The minimum absolute atomic E-state index is 0.0426. The van der Waals surface area contributed by atoms with Crippen LogP contribution in [0.5, 0.6) is 11.5 Å². The Balaban J connectivity index is 1.71. The van der Waals surface area contributed by atoms with E-state index < -0.39 is 23.7 Å². The number of carbonyl (C=O) groups is 3. The van der Waals surface area contributed by atoms with Gasteiger partial charge in [-0.2, -0.15) is 0 Å². The molecule has 3 rings (SSSR count). The van der Waals surface area contributed by atoms with E-state index in [1.54, 1.807) is 18.2 Å². The normalized spacial score (nSPS) is 17.5. The van der Waals surface area contributed by atoms with E-state index >= 15 is 0 Å². The van der Waals surface area contributed by atoms with E-state index in [0.717, 1.165) is 6.07 Å². The number of amides is 3. The van der Waals surface area contributed by atoms with Crippen molar-refractivity contribution in [2.24, 2.45) is 0 Å². The standard InChI is InChI=1S/C23H25ClFN3O5/c1-32-14-8-9-15-19(13-14)33-12-11-27-22(30)18(7-2-3-10-26-21(15)29)28-23(31)20-16(24)5-4-6-17(20)25/h4-6,8-9,13,18H,2-3,7,10-12H2,1H3,(H,26,29)(H,27,30)(H,28,31)/t18-/m0/s1. The molecule has 3 amide bonds. The number of hydrogen-bond donors (Lipinski definition) is 3. The van der Waals surface area contributed by atoms with Gasteiger partial charge in [-0.25, -0.2) is 4.39 Å². The van der Waals surface area contributed by atoms with E-state index in [9.17, 15) is 18.8 Å². The van der Waals surface area contributed by atoms with Gasteiger partial charge < -0.3 is 25.4 Å². The fourth-order valence-corrected chi connectivity index (χ4v) is 3.63. The molecule has 10 heteroatoms. The number of halogens is 2. The summed E-state index contributed by atoms with van der Waals surface area (Å²) in [6, 6.07) is 7.91. The second-order valence-corrected chi connectivity index (χ2v) is 7.78. The van der Waals surface area contributed by atoms with Crippen molar-refractivity contribution in [1.29, 1.82) is 0 Å². The monoisotopic (exact) mass is 477 g/mol. The predicted molar refractivity (Wildman–Crippen MR) is 120 cm³/mol. The Labute approximate surface area is 195 Å². The van der Waals surface area contributed by atoms with Crippen LogP contribution in [0, 0.1) is 5.82 Å². The van der Waals surface area contributed by atoms with Gasteiger partial charge in [0.25, 0.3) is 11.8 Å². The molecular weight excluding hydrogens is 453 g/mol. The second-order valence-electron chi connectivity index (χ2n) is 7.38. The van der Waals surface area contributed by atoms with Crippen molar-refractivity contribution in [2.75, 3.05) is 26.8 Å². The number of benzene rings is 2. The van der Waals surface area contributed by atoms with E-state index in [4.69, 9.17) is 21.1 Å². The van der Waals surface area contributed by atoms with Gasteiger partial charge in [-0.1, -0.05) is 17.7 Å². The van der Waals surface area contributed by atoms with Crippen molar-refractivity contribution < 1.29 is 28.2 Å². The molecule has 0 fully saturated rings. The molecule has 176 valence electrons. The molecule has 0 aromatic heterocycles. The number of hydrogen-bond acceptors (Lipinski definition) is 5. The highest BCUT2D eigenvalue weighted by atomic mass is 35.5. The van der Waals surface area contributed by atoms with Gasteiger partial charge in [-0.3, -0.25) is 14.4 Å². The summed E-state index contributed by atoms with van der Waals surface area (Å²) in [5.41, 5.74) is 0.0543. The molecular formula is C23H25ClFN3O5. The fourth-order valence-electron chi connectivity index (χ4n) is 3.38. The maximum atomic E-state index is 14.1. The maximum absolute atomic E-state index is 14.1. The number of nitrogens with one attached hydrogen (secondary N) is 3. The first kappa shape index (κ1) is 24.3. The first-order valence-electron chi connectivity index (χ1n) is 10.5. The van der Waals surface area contributed by atoms with Crippen LogP contribution in [0.25, 0.3) is 0 Å². The van der Waals surface area contributed by atoms with E-state index in [0.29, 0.717) is 42.9 Å². The van der Waals surface area contributed by atoms with Crippen molar-refractivity contribution in [3.63, 3.8) is 0 Å². The highest BCUT2D eigenvalue weighted by Gasteiger charge is 2.24. The van der Waals surface area contributed by atoms with E-state index in [1.807, 2.05) is 0 Å². The molecule has 1 aliphatic heterocycles. The van der Waals surface area contributed by atoms with Crippen LogP contribution in [-0.4, -0.2) is 50.6 Å². The van der Waals surface area contributed by atoms with Crippen LogP contribution in [0.1, 0.15) is 40.0 Å². The van der Waals surface area contributed by atoms with Crippen LogP contribution >= 0.6 is 11.6 Å². The zero-order chi connectivity index (χ0) is 23.8. The first-order valence-corrected chi connectivity index (χ1v) is 10.9. The summed E-state index contributed by atoms with van der Waals surface area (Å²) < 4.78 is 25.0. The second kappa shape index (κ2) is 11.5. The summed E-state index contributed by atoms with van der Waals surface area (Å²) in [6.45, 7) is 0.578. The molecule has 33 heavy (non-hydrogen) atoms. The fraction of sp³-hybridized carbons (Fsp3) is 0.348. The van der Waals surface area contributed by atoms with E-state index in [-0.39, 0.29) is 29.6 Å². The average molecular weight is 478 g/mol. The molecule has 0 aliphatic carbocycles. The number of rotatable bonds is 3. The lowest BCUT2D eigenvalue weighted by atomic mass is 10.1. The summed E-state index contributed by atoms with van der Waals surface area (Å²) in [6.07, 6.45) is 1.40. The summed E-state index contributed by atoms with van der Waals surface area (Å²) >= 11 is 5.97. The third kappa shape index (κ3) is 6.35. The van der Waals surface area contributed by atoms with Crippen molar-refractivity contribution in [3.05, 3.63) is 58.4 Å². The Bertz CT molecular complexity index is 1010. The number of carbonyl (C=O) groups excluding carboxylic acids is 3. The average Bonchev–Trinajstić information content (AvgIpc) is 2.79. The minimum Gasteiger partial charge on any atom is -0.497 e. The van der Waals surface area contributed by atoms with Crippen LogP contribution in [0.4, 0.5) is 4.39 Å². The van der Waals surface area contributed by atoms with Crippen molar-refractivity contribution >= 4 is 29.3 Å². The molecule has 2 aromatic carbocycles. The van der Waals surface area contributed by atoms with Gasteiger partial charge in [-0.05, 0) is 43.5 Å². The lowest BCUT2D eigenvalue weighted by molar-refractivity contribution is -0.123. The Morgan fingerprint density at radius 3 is 2.76 bits per heavy atom. The van der Waals surface area contributed by atoms with Crippen molar-refractivity contribution in [3.8, 4) is 11.5 Å². The van der Waals surface area contributed by atoms with Gasteiger partial charge in [0.1, 0.15) is 30.0 Å². The summed E-state index contributed by atoms with van der Waals surface area (Å²) in [5.74, 6) is -1.39. The van der Waals surface area contributed by atoms with Gasteiger partial charge in [0, 0.05) is 12.6 Å². The van der Waals surface area contributed by atoms with Crippen LogP contribution in [0.3, 0.4) is 0 Å². The van der Waals surface area contributed by atoms with E-state index in [2.05, 4.69) is 16.0 Å². The number of methoxy groups -OCH3 is 1. The highest BCUT2D eigenvalue weighted by molar-refractivity contribution is 6.33. The van der Waals surface area contributed by atoms with Gasteiger partial charge in [0.05, 0.1) is 29.8 Å². The SMILES string of the molecule is COc1ccc2c(c1)OCCNC(=O)[C@@H](NC(=O)c1c(F)cccc1Cl)CCCCNC2=O. The quantitative estimate of drug-likeness (QED) is 0.630. The zero-order valence-corrected chi connectivity index (χ0v) is 18.8. The first-order chi connectivity index (χ1) is 15.9. The molecule has 3 N–H and O–H groups in total. The van der Waals surface area contributed by atoms with E-state index in [1.165, 1.54) is 19.2 Å². The highest BCUT2D eigenvalue weighted by Crippen LogP contribution is 2.25. The topological polar surface area (TPSA) is 106 Å². The largest absolute Gasteiger partial charge is 0.497 e. The lowest BCUT2D eigenvalue weighted by Gasteiger charge is -2.20. The Morgan fingerprint density at radius 1 is 1.18 bits per heavy atom. The summed E-state index contributed by atoms with van der Waals surface area (Å²) in [4.78, 5) is 37.9. The van der Waals surface area contributed by atoms with Crippen molar-refractivity contribution in [2.45, 2.75) is 25.3 Å². The molecule has 1 aliphatic rings. The van der Waals surface area contributed by atoms with Gasteiger partial charge in [-0.15, -0.1) is 0 Å². The molecule has 2 aromatic rings. The third-order valence-electron chi connectivity index (χ3n) is 5.11. The predicted octanol–water partition coefficient (Wildman–Crippen LogP) is 2.70. The molecule has 0 spiro atoms. The van der Waals surface area contributed by atoms with Crippen molar-refractivity contribution in [1.82, 2.24) is 16.0 Å². The summed E-state index contributed by atoms with van der Waals surface area (Å²) in [7, 11) is 1.51. The minimum atomic E-state index is -0.904. The smallest absolute Gasteiger partial charge is 0.256 e. The number of ether oxygens (including phenoxy) is 2. The van der Waals surface area contributed by atoms with Gasteiger partial charge in [0.2, 0.25) is 5.91 Å². The van der Waals surface area contributed by atoms with Gasteiger partial charge >= 0.3 is 0 Å². The third-order valence-corrected chi connectivity index (χ3v) is 5.42. The molecule has 1 atom stereocenters. The van der Waals surface area contributed by atoms with Gasteiger partial charge in [0.15, 0.2) is 0 Å². The number of fused-ring (bicyclic) bond motifs is 1. The Hall–Kier alpha value is -3.33. The van der Waals surface area contributed by atoms with Crippen LogP contribution < -0.4 is 25.4 Å². The maximum Gasteiger partial charge on any atom is 0.256 e. The molecule has 1 heterocycles. The molecule has 8 nitrogen and oxygen atoms in total. The van der Waals surface area contributed by atoms with Crippen LogP contribution in [-0.2, 0) is 4.79 Å². The molecule has 0 radical (unpaired) electrons.